The van der Waals surface area contributed by atoms with Crippen molar-refractivity contribution >= 4 is 17.4 Å². The topological polar surface area (TPSA) is 43.1 Å². The molecule has 16 heavy (non-hydrogen) atoms. The predicted molar refractivity (Wildman–Crippen MR) is 54.5 cm³/mol. The molecule has 0 saturated heterocycles. The molecule has 0 aliphatic rings. The lowest BCUT2D eigenvalue weighted by Gasteiger charge is -2.09. The zero-order chi connectivity index (χ0) is 12.3. The molecule has 88 valence electrons. The summed E-state index contributed by atoms with van der Waals surface area (Å²) < 4.78 is 36.9. The zero-order valence-corrected chi connectivity index (χ0v) is 8.90. The van der Waals surface area contributed by atoms with E-state index in [-0.39, 0.29) is 29.3 Å². The summed E-state index contributed by atoms with van der Waals surface area (Å²) in [6, 6.07) is 2.64. The first-order valence-electron chi connectivity index (χ1n) is 4.46. The van der Waals surface area contributed by atoms with Crippen molar-refractivity contribution < 1.29 is 18.0 Å². The summed E-state index contributed by atoms with van der Waals surface area (Å²) in [7, 11) is 0. The molecule has 0 fully saturated rings. The molecule has 1 aromatic rings. The standard InChI is InChI=1S/C10H9ClF3NO/c11-8-5-6(10(12,13)14)1-2-7(8)9(16)3-4-15/h1-2,5H,3-4,15H2. The second-order valence-electron chi connectivity index (χ2n) is 3.15. The average molecular weight is 252 g/mol. The monoisotopic (exact) mass is 251 g/mol. The molecule has 0 aliphatic carbocycles. The summed E-state index contributed by atoms with van der Waals surface area (Å²) >= 11 is 5.60. The number of benzene rings is 1. The predicted octanol–water partition coefficient (Wildman–Crippen LogP) is 2.89. The molecular formula is C10H9ClF3NO. The molecule has 0 bridgehead atoms. The molecule has 0 spiro atoms. The zero-order valence-electron chi connectivity index (χ0n) is 8.14. The molecule has 0 amide bonds. The summed E-state index contributed by atoms with van der Waals surface area (Å²) in [4.78, 5) is 11.4. The minimum absolute atomic E-state index is 0.0606. The maximum absolute atomic E-state index is 12.3. The third-order valence-electron chi connectivity index (χ3n) is 1.97. The lowest BCUT2D eigenvalue weighted by molar-refractivity contribution is -0.137. The molecule has 2 nitrogen and oxygen atoms in total. The van der Waals surface area contributed by atoms with Gasteiger partial charge in [0.1, 0.15) is 0 Å². The van der Waals surface area contributed by atoms with Crippen molar-refractivity contribution in [2.24, 2.45) is 5.73 Å². The van der Waals surface area contributed by atoms with E-state index in [0.29, 0.717) is 0 Å². The van der Waals surface area contributed by atoms with Crippen molar-refractivity contribution in [2.45, 2.75) is 12.6 Å². The molecule has 0 heterocycles. The molecule has 1 rings (SSSR count). The number of alkyl halides is 3. The number of halogens is 4. The van der Waals surface area contributed by atoms with Gasteiger partial charge >= 0.3 is 6.18 Å². The molecule has 0 saturated carbocycles. The number of hydrogen-bond donors (Lipinski definition) is 1. The Labute approximate surface area is 95.2 Å². The van der Waals surface area contributed by atoms with E-state index in [1.807, 2.05) is 0 Å². The SMILES string of the molecule is NCCC(=O)c1ccc(C(F)(F)F)cc1Cl. The molecule has 0 aromatic heterocycles. The highest BCUT2D eigenvalue weighted by Gasteiger charge is 2.31. The van der Waals surface area contributed by atoms with Crippen molar-refractivity contribution in [3.63, 3.8) is 0 Å². The van der Waals surface area contributed by atoms with Gasteiger partial charge < -0.3 is 5.73 Å². The summed E-state index contributed by atoms with van der Waals surface area (Å²) in [6.07, 6.45) is -4.40. The van der Waals surface area contributed by atoms with Crippen molar-refractivity contribution in [2.75, 3.05) is 6.54 Å². The van der Waals surface area contributed by atoms with Crippen LogP contribution < -0.4 is 5.73 Å². The van der Waals surface area contributed by atoms with Gasteiger partial charge in [0.05, 0.1) is 10.6 Å². The Morgan fingerprint density at radius 2 is 2.00 bits per heavy atom. The lowest BCUT2D eigenvalue weighted by atomic mass is 10.1. The summed E-state index contributed by atoms with van der Waals surface area (Å²) in [5, 5.41) is -0.201. The van der Waals surface area contributed by atoms with E-state index in [9.17, 15) is 18.0 Å². The van der Waals surface area contributed by atoms with Crippen LogP contribution >= 0.6 is 11.6 Å². The van der Waals surface area contributed by atoms with Gasteiger partial charge in [-0.2, -0.15) is 13.2 Å². The van der Waals surface area contributed by atoms with Gasteiger partial charge in [-0.05, 0) is 24.7 Å². The molecule has 1 aromatic carbocycles. The molecule has 0 atom stereocenters. The Hall–Kier alpha value is -1.07. The van der Waals surface area contributed by atoms with Crippen molar-refractivity contribution in [1.29, 1.82) is 0 Å². The van der Waals surface area contributed by atoms with Crippen LogP contribution in [-0.4, -0.2) is 12.3 Å². The van der Waals surface area contributed by atoms with Crippen LogP contribution in [0.2, 0.25) is 5.02 Å². The Morgan fingerprint density at radius 3 is 2.44 bits per heavy atom. The molecule has 6 heteroatoms. The normalized spacial score (nSPS) is 11.6. The Balaban J connectivity index is 3.05. The van der Waals surface area contributed by atoms with E-state index < -0.39 is 11.7 Å². The fourth-order valence-electron chi connectivity index (χ4n) is 1.18. The van der Waals surface area contributed by atoms with E-state index in [1.54, 1.807) is 0 Å². The summed E-state index contributed by atoms with van der Waals surface area (Å²) in [5.41, 5.74) is 4.37. The van der Waals surface area contributed by atoms with Crippen LogP contribution in [0.1, 0.15) is 22.3 Å². The van der Waals surface area contributed by atoms with Crippen LogP contribution in [0.4, 0.5) is 13.2 Å². The van der Waals surface area contributed by atoms with Crippen LogP contribution in [0.25, 0.3) is 0 Å². The summed E-state index contributed by atoms with van der Waals surface area (Å²) in [5.74, 6) is -0.360. The van der Waals surface area contributed by atoms with E-state index >= 15 is 0 Å². The number of Topliss-reactive ketones (excluding diaryl/α,β-unsaturated/α-hetero) is 1. The van der Waals surface area contributed by atoms with Gasteiger partial charge in [0.2, 0.25) is 0 Å². The van der Waals surface area contributed by atoms with E-state index in [2.05, 4.69) is 0 Å². The van der Waals surface area contributed by atoms with Crippen LogP contribution in [0, 0.1) is 0 Å². The minimum atomic E-state index is -4.46. The number of carbonyl (C=O) groups excluding carboxylic acids is 1. The third kappa shape index (κ3) is 2.96. The minimum Gasteiger partial charge on any atom is -0.330 e. The Bertz CT molecular complexity index is 404. The van der Waals surface area contributed by atoms with Gasteiger partial charge in [0.25, 0.3) is 0 Å². The molecule has 0 unspecified atom stereocenters. The lowest BCUT2D eigenvalue weighted by Crippen LogP contribution is -2.10. The number of nitrogens with two attached hydrogens (primary N) is 1. The van der Waals surface area contributed by atoms with Crippen LogP contribution in [-0.2, 0) is 6.18 Å². The average Bonchev–Trinajstić information content (AvgIpc) is 2.16. The largest absolute Gasteiger partial charge is 0.416 e. The smallest absolute Gasteiger partial charge is 0.330 e. The highest BCUT2D eigenvalue weighted by molar-refractivity contribution is 6.34. The maximum Gasteiger partial charge on any atom is 0.416 e. The first-order chi connectivity index (χ1) is 7.36. The molecule has 0 radical (unpaired) electrons. The van der Waals surface area contributed by atoms with Gasteiger partial charge in [-0.3, -0.25) is 4.79 Å². The summed E-state index contributed by atoms with van der Waals surface area (Å²) in [6.45, 7) is 0.135. The van der Waals surface area contributed by atoms with Crippen molar-refractivity contribution in [3.8, 4) is 0 Å². The van der Waals surface area contributed by atoms with Crippen LogP contribution in [0.5, 0.6) is 0 Å². The van der Waals surface area contributed by atoms with E-state index in [0.717, 1.165) is 18.2 Å². The highest BCUT2D eigenvalue weighted by atomic mass is 35.5. The highest BCUT2D eigenvalue weighted by Crippen LogP contribution is 2.32. The van der Waals surface area contributed by atoms with Crippen LogP contribution in [0.15, 0.2) is 18.2 Å². The molecule has 0 aliphatic heterocycles. The van der Waals surface area contributed by atoms with Gasteiger partial charge in [-0.1, -0.05) is 11.6 Å². The van der Waals surface area contributed by atoms with Crippen LogP contribution in [0.3, 0.4) is 0 Å². The first kappa shape index (κ1) is 13.0. The van der Waals surface area contributed by atoms with Crippen molar-refractivity contribution in [3.05, 3.63) is 34.3 Å². The van der Waals surface area contributed by atoms with Crippen molar-refractivity contribution in [1.82, 2.24) is 0 Å². The number of carbonyl (C=O) groups is 1. The fraction of sp³-hybridized carbons (Fsp3) is 0.300. The Kier molecular flexibility index (Phi) is 3.93. The third-order valence-corrected chi connectivity index (χ3v) is 2.28. The maximum atomic E-state index is 12.3. The van der Waals surface area contributed by atoms with E-state index in [1.165, 1.54) is 0 Å². The van der Waals surface area contributed by atoms with Gasteiger partial charge in [0, 0.05) is 12.0 Å². The Morgan fingerprint density at radius 1 is 1.38 bits per heavy atom. The second-order valence-corrected chi connectivity index (χ2v) is 3.56. The first-order valence-corrected chi connectivity index (χ1v) is 4.84. The quantitative estimate of drug-likeness (QED) is 0.840. The van der Waals surface area contributed by atoms with E-state index in [4.69, 9.17) is 17.3 Å². The molecular weight excluding hydrogens is 243 g/mol. The van der Waals surface area contributed by atoms with Gasteiger partial charge in [-0.25, -0.2) is 0 Å². The van der Waals surface area contributed by atoms with Gasteiger partial charge in [-0.15, -0.1) is 0 Å². The number of hydrogen-bond acceptors (Lipinski definition) is 2. The number of ketones is 1. The number of rotatable bonds is 3. The van der Waals surface area contributed by atoms with Gasteiger partial charge in [0.15, 0.2) is 5.78 Å². The molecule has 2 N–H and O–H groups in total. The fourth-order valence-corrected chi connectivity index (χ4v) is 1.47. The second kappa shape index (κ2) is 4.84.